The molecule has 27 heavy (non-hydrogen) atoms. The molecule has 0 bridgehead atoms. The number of ether oxygens (including phenoxy) is 1. The van der Waals surface area contributed by atoms with Crippen molar-refractivity contribution in [1.82, 2.24) is 0 Å². The number of rotatable bonds is 3. The van der Waals surface area contributed by atoms with E-state index in [1.807, 2.05) is 48.5 Å². The van der Waals surface area contributed by atoms with Crippen molar-refractivity contribution in [3.63, 3.8) is 0 Å². The van der Waals surface area contributed by atoms with Gasteiger partial charge in [-0.2, -0.15) is 0 Å². The highest BCUT2D eigenvalue weighted by Crippen LogP contribution is 2.28. The Morgan fingerprint density at radius 3 is 2.07 bits per heavy atom. The molecule has 5 atom stereocenters. The molecule has 0 unspecified atom stereocenters. The summed E-state index contributed by atoms with van der Waals surface area (Å²) in [5.74, 6) is 0. The van der Waals surface area contributed by atoms with E-state index in [1.54, 1.807) is 6.21 Å². The monoisotopic (exact) mass is 367 g/mol. The highest BCUT2D eigenvalue weighted by Gasteiger charge is 2.43. The molecule has 1 aliphatic rings. The summed E-state index contributed by atoms with van der Waals surface area (Å²) in [7, 11) is 0. The average molecular weight is 367 g/mol. The molecule has 3 aromatic rings. The van der Waals surface area contributed by atoms with E-state index in [0.717, 1.165) is 27.1 Å². The van der Waals surface area contributed by atoms with Crippen LogP contribution < -0.4 is 0 Å². The number of aliphatic hydroxyl groups is 4. The third-order valence-corrected chi connectivity index (χ3v) is 5.06. The third-order valence-electron chi connectivity index (χ3n) is 5.06. The number of fused-ring (bicyclic) bond motifs is 2. The molecule has 6 nitrogen and oxygen atoms in total. The molecule has 4 N–H and O–H groups in total. The first-order chi connectivity index (χ1) is 13.1. The molecule has 4 rings (SSSR count). The summed E-state index contributed by atoms with van der Waals surface area (Å²) in [5.41, 5.74) is 0.863. The Kier molecular flexibility index (Phi) is 4.90. The average Bonchev–Trinajstić information content (AvgIpc) is 2.69. The Bertz CT molecular complexity index is 935. The highest BCUT2D eigenvalue weighted by molar-refractivity contribution is 6.13. The van der Waals surface area contributed by atoms with Crippen LogP contribution in [-0.4, -0.2) is 63.9 Å². The second-order valence-corrected chi connectivity index (χ2v) is 6.73. The fourth-order valence-electron chi connectivity index (χ4n) is 3.59. The topological polar surface area (TPSA) is 103 Å². The molecule has 0 aliphatic carbocycles. The van der Waals surface area contributed by atoms with Gasteiger partial charge in [-0.05, 0) is 27.6 Å². The largest absolute Gasteiger partial charge is 0.394 e. The lowest BCUT2D eigenvalue weighted by Gasteiger charge is -2.38. The van der Waals surface area contributed by atoms with Gasteiger partial charge in [0.15, 0.2) is 6.29 Å². The van der Waals surface area contributed by atoms with Crippen molar-refractivity contribution in [2.45, 2.75) is 30.6 Å². The number of aliphatic imine (C=N–C) groups is 1. The summed E-state index contributed by atoms with van der Waals surface area (Å²) >= 11 is 0. The molecule has 0 radical (unpaired) electrons. The van der Waals surface area contributed by atoms with E-state index in [4.69, 9.17) is 4.74 Å². The number of hydrogen-bond acceptors (Lipinski definition) is 6. The van der Waals surface area contributed by atoms with E-state index in [1.165, 1.54) is 0 Å². The number of aliphatic hydroxyl groups excluding tert-OH is 4. The first-order valence-electron chi connectivity index (χ1n) is 8.84. The fraction of sp³-hybridized carbons (Fsp3) is 0.286. The van der Waals surface area contributed by atoms with Crippen LogP contribution in [-0.2, 0) is 4.74 Å². The lowest BCUT2D eigenvalue weighted by molar-refractivity contribution is -0.248. The van der Waals surface area contributed by atoms with Crippen molar-refractivity contribution in [1.29, 1.82) is 0 Å². The fourth-order valence-corrected chi connectivity index (χ4v) is 3.59. The smallest absolute Gasteiger partial charge is 0.180 e. The summed E-state index contributed by atoms with van der Waals surface area (Å²) in [6.45, 7) is -0.500. The first kappa shape index (κ1) is 18.0. The van der Waals surface area contributed by atoms with Crippen LogP contribution in [0.5, 0.6) is 0 Å². The van der Waals surface area contributed by atoms with Gasteiger partial charge < -0.3 is 25.2 Å². The summed E-state index contributed by atoms with van der Waals surface area (Å²) in [4.78, 5) is 4.34. The molecule has 140 valence electrons. The minimum atomic E-state index is -1.42. The summed E-state index contributed by atoms with van der Waals surface area (Å²) in [6, 6.07) is 16.9. The van der Waals surface area contributed by atoms with Crippen LogP contribution in [0.3, 0.4) is 0 Å². The van der Waals surface area contributed by atoms with Gasteiger partial charge in [-0.1, -0.05) is 48.5 Å². The van der Waals surface area contributed by atoms with Gasteiger partial charge in [-0.15, -0.1) is 0 Å². The van der Waals surface area contributed by atoms with Crippen molar-refractivity contribution in [3.8, 4) is 0 Å². The molecule has 1 aliphatic heterocycles. The minimum absolute atomic E-state index is 0.500. The van der Waals surface area contributed by atoms with E-state index in [0.29, 0.717) is 0 Å². The summed E-state index contributed by atoms with van der Waals surface area (Å²) in [5, 5.41) is 43.8. The van der Waals surface area contributed by atoms with Crippen molar-refractivity contribution < 1.29 is 25.2 Å². The van der Waals surface area contributed by atoms with Crippen molar-refractivity contribution in [2.75, 3.05) is 6.61 Å². The predicted molar refractivity (Wildman–Crippen MR) is 103 cm³/mol. The maximum atomic E-state index is 10.3. The lowest BCUT2D eigenvalue weighted by atomic mass is 9.96. The predicted octanol–water partition coefficient (Wildman–Crippen LogP) is 1.21. The minimum Gasteiger partial charge on any atom is -0.394 e. The van der Waals surface area contributed by atoms with Crippen LogP contribution >= 0.6 is 0 Å². The zero-order valence-corrected chi connectivity index (χ0v) is 14.5. The number of benzene rings is 3. The molecule has 1 heterocycles. The summed E-state index contributed by atoms with van der Waals surface area (Å²) in [6.07, 6.45) is -3.53. The Hall–Kier alpha value is -2.35. The van der Waals surface area contributed by atoms with Crippen molar-refractivity contribution in [3.05, 3.63) is 60.2 Å². The molecule has 1 fully saturated rings. The Balaban J connectivity index is 1.78. The van der Waals surface area contributed by atoms with Crippen LogP contribution in [0.2, 0.25) is 0 Å². The lowest BCUT2D eigenvalue weighted by Crippen LogP contribution is -2.57. The molecule has 0 spiro atoms. The summed E-state index contributed by atoms with van der Waals surface area (Å²) < 4.78 is 5.18. The van der Waals surface area contributed by atoms with Gasteiger partial charge in [0.25, 0.3) is 0 Å². The maximum Gasteiger partial charge on any atom is 0.180 e. The van der Waals surface area contributed by atoms with Gasteiger partial charge in [0.05, 0.1) is 6.61 Å². The van der Waals surface area contributed by atoms with Crippen LogP contribution in [0.1, 0.15) is 5.56 Å². The standard InChI is InChI=1S/C21H21NO5/c23-11-17-19(24)20(25)18(21(26)27-17)22-10-16-14-7-3-1-5-12(14)9-13-6-2-4-8-15(13)16/h1-10,17-21,23-26H,11H2/t17-,18-,19-,20-,21-/m1/s1. The molecular weight excluding hydrogens is 346 g/mol. The van der Waals surface area contributed by atoms with Gasteiger partial charge in [-0.3, -0.25) is 4.99 Å². The van der Waals surface area contributed by atoms with Crippen LogP contribution in [0.25, 0.3) is 21.5 Å². The van der Waals surface area contributed by atoms with Gasteiger partial charge in [-0.25, -0.2) is 0 Å². The number of nitrogens with zero attached hydrogens (tertiary/aromatic N) is 1. The van der Waals surface area contributed by atoms with E-state index >= 15 is 0 Å². The van der Waals surface area contributed by atoms with Crippen molar-refractivity contribution >= 4 is 27.8 Å². The van der Waals surface area contributed by atoms with Crippen LogP contribution in [0.15, 0.2) is 59.6 Å². The van der Waals surface area contributed by atoms with Crippen molar-refractivity contribution in [2.24, 2.45) is 4.99 Å². The van der Waals surface area contributed by atoms with Crippen LogP contribution in [0.4, 0.5) is 0 Å². The third kappa shape index (κ3) is 3.22. The quantitative estimate of drug-likeness (QED) is 0.412. The zero-order chi connectivity index (χ0) is 19.0. The van der Waals surface area contributed by atoms with Gasteiger partial charge in [0, 0.05) is 11.8 Å². The highest BCUT2D eigenvalue weighted by atomic mass is 16.6. The van der Waals surface area contributed by atoms with Crippen LogP contribution in [0, 0.1) is 0 Å². The Labute approximate surface area is 156 Å². The van der Waals surface area contributed by atoms with E-state index in [-0.39, 0.29) is 0 Å². The molecule has 0 amide bonds. The molecule has 0 aromatic heterocycles. The van der Waals surface area contributed by atoms with Gasteiger partial charge >= 0.3 is 0 Å². The normalized spacial score (nSPS) is 29.0. The second kappa shape index (κ2) is 7.34. The molecule has 6 heteroatoms. The second-order valence-electron chi connectivity index (χ2n) is 6.73. The van der Waals surface area contributed by atoms with E-state index < -0.39 is 37.3 Å². The zero-order valence-electron chi connectivity index (χ0n) is 14.5. The van der Waals surface area contributed by atoms with Gasteiger partial charge in [0.2, 0.25) is 0 Å². The molecule has 0 saturated carbocycles. The number of hydrogen-bond donors (Lipinski definition) is 4. The first-order valence-corrected chi connectivity index (χ1v) is 8.84. The molecular formula is C21H21NO5. The SMILES string of the molecule is OC[C@H]1O[C@@H](O)[C@H](N=Cc2c3ccccc3cc3ccccc23)[C@@H](O)[C@@H]1O. The Morgan fingerprint density at radius 2 is 1.48 bits per heavy atom. The maximum absolute atomic E-state index is 10.3. The van der Waals surface area contributed by atoms with E-state index in [2.05, 4.69) is 11.1 Å². The Morgan fingerprint density at radius 1 is 0.889 bits per heavy atom. The molecule has 3 aromatic carbocycles. The van der Waals surface area contributed by atoms with Gasteiger partial charge in [0.1, 0.15) is 24.4 Å². The molecule has 1 saturated heterocycles. The van der Waals surface area contributed by atoms with E-state index in [9.17, 15) is 20.4 Å².